The molecule has 0 fully saturated rings. The first-order valence-corrected chi connectivity index (χ1v) is 10.5. The van der Waals surface area contributed by atoms with Gasteiger partial charge in [0.05, 0.1) is 10.6 Å². The largest absolute Gasteiger partial charge is 0.354 e. The van der Waals surface area contributed by atoms with Crippen LogP contribution in [0.25, 0.3) is 21.5 Å². The Morgan fingerprint density at radius 1 is 1.11 bits per heavy atom. The third-order valence-corrected chi connectivity index (χ3v) is 6.04. The van der Waals surface area contributed by atoms with Crippen LogP contribution in [0.15, 0.2) is 72.1 Å². The fourth-order valence-electron chi connectivity index (χ4n) is 3.41. The topological polar surface area (TPSA) is 34.0 Å². The second kappa shape index (κ2) is 8.21. The van der Waals surface area contributed by atoms with Gasteiger partial charge in [0.15, 0.2) is 0 Å². The van der Waals surface area contributed by atoms with Crippen LogP contribution in [-0.4, -0.2) is 17.0 Å². The maximum Gasteiger partial charge on any atom is 0.239 e. The number of hydrogen-bond acceptors (Lipinski definition) is 2. The van der Waals surface area contributed by atoms with Gasteiger partial charge in [0.2, 0.25) is 5.91 Å². The normalized spacial score (nSPS) is 12.2. The van der Waals surface area contributed by atoms with Crippen LogP contribution in [0.3, 0.4) is 0 Å². The summed E-state index contributed by atoms with van der Waals surface area (Å²) in [5.74, 6) is 0.273. The van der Waals surface area contributed by atoms with E-state index in [1.54, 1.807) is 11.3 Å². The van der Waals surface area contributed by atoms with Gasteiger partial charge in [-0.05, 0) is 47.2 Å². The second-order valence-electron chi connectivity index (χ2n) is 6.91. The Labute approximate surface area is 173 Å². The van der Waals surface area contributed by atoms with Crippen molar-refractivity contribution < 1.29 is 4.79 Å². The van der Waals surface area contributed by atoms with E-state index in [9.17, 15) is 4.79 Å². The summed E-state index contributed by atoms with van der Waals surface area (Å²) in [5.41, 5.74) is 3.28. The number of nitrogens with one attached hydrogen (secondary N) is 1. The lowest BCUT2D eigenvalue weighted by molar-refractivity contribution is -0.121. The van der Waals surface area contributed by atoms with E-state index >= 15 is 0 Å². The molecule has 0 unspecified atom stereocenters. The van der Waals surface area contributed by atoms with Gasteiger partial charge >= 0.3 is 0 Å². The number of nitrogens with zero attached hydrogens (tertiary/aromatic N) is 1. The van der Waals surface area contributed by atoms with Gasteiger partial charge in [-0.3, -0.25) is 4.79 Å². The summed E-state index contributed by atoms with van der Waals surface area (Å²) < 4.78 is 2.07. The molecule has 2 heterocycles. The minimum absolute atomic E-state index is 0.00744. The monoisotopic (exact) mass is 408 g/mol. The molecule has 1 amide bonds. The third-order valence-electron chi connectivity index (χ3n) is 4.91. The number of carbonyl (C=O) groups excluding carboxylic acids is 1. The molecular formula is C23H21ClN2OS. The highest BCUT2D eigenvalue weighted by Crippen LogP contribution is 2.32. The van der Waals surface area contributed by atoms with Crippen LogP contribution in [0.1, 0.15) is 18.4 Å². The van der Waals surface area contributed by atoms with Gasteiger partial charge in [0, 0.05) is 22.5 Å². The minimum Gasteiger partial charge on any atom is -0.354 e. The van der Waals surface area contributed by atoms with Crippen LogP contribution in [0.5, 0.6) is 0 Å². The van der Waals surface area contributed by atoms with E-state index in [1.165, 1.54) is 5.56 Å². The van der Waals surface area contributed by atoms with Crippen molar-refractivity contribution >= 4 is 39.7 Å². The van der Waals surface area contributed by atoms with Gasteiger partial charge < -0.3 is 9.88 Å². The zero-order chi connectivity index (χ0) is 19.5. The molecule has 0 spiro atoms. The Kier molecular flexibility index (Phi) is 5.51. The zero-order valence-electron chi connectivity index (χ0n) is 15.6. The van der Waals surface area contributed by atoms with Crippen LogP contribution in [-0.2, 0) is 11.3 Å². The lowest BCUT2D eigenvalue weighted by Gasteiger charge is -2.15. The van der Waals surface area contributed by atoms with Crippen molar-refractivity contribution in [3.63, 3.8) is 0 Å². The molecule has 0 saturated heterocycles. The molecule has 4 aromatic rings. The Morgan fingerprint density at radius 2 is 1.93 bits per heavy atom. The molecule has 0 bridgehead atoms. The number of benzene rings is 2. The lowest BCUT2D eigenvalue weighted by Crippen LogP contribution is -2.30. The molecule has 2 aromatic carbocycles. The first-order chi connectivity index (χ1) is 13.6. The highest BCUT2D eigenvalue weighted by atomic mass is 35.5. The number of thiophene rings is 1. The fraction of sp³-hybridized carbons (Fsp3) is 0.174. The van der Waals surface area contributed by atoms with Crippen molar-refractivity contribution in [1.29, 1.82) is 0 Å². The van der Waals surface area contributed by atoms with Gasteiger partial charge in [0.1, 0.15) is 6.54 Å². The van der Waals surface area contributed by atoms with Gasteiger partial charge in [0.25, 0.3) is 0 Å². The van der Waals surface area contributed by atoms with Crippen LogP contribution in [0.2, 0.25) is 5.02 Å². The standard InChI is InChI=1S/C23H21ClN2OS/c1-16(17-6-3-2-4-7-17)14-25-23(27)15-26-20-10-9-19(24)12-18(20)13-21(26)22-8-5-11-28-22/h2-13,16H,14-15H2,1H3,(H,25,27)/t16-/m0/s1. The molecule has 5 heteroatoms. The molecule has 0 radical (unpaired) electrons. The molecule has 1 atom stereocenters. The van der Waals surface area contributed by atoms with Crippen molar-refractivity contribution in [2.45, 2.75) is 19.4 Å². The minimum atomic E-state index is 0.00744. The lowest BCUT2D eigenvalue weighted by atomic mass is 10.0. The summed E-state index contributed by atoms with van der Waals surface area (Å²) in [6.07, 6.45) is 0. The molecule has 1 N–H and O–H groups in total. The molecule has 28 heavy (non-hydrogen) atoms. The molecular weight excluding hydrogens is 388 g/mol. The average molecular weight is 409 g/mol. The molecule has 0 saturated carbocycles. The molecule has 0 aliphatic rings. The van der Waals surface area contributed by atoms with E-state index in [4.69, 9.17) is 11.6 Å². The maximum absolute atomic E-state index is 12.7. The molecule has 2 aromatic heterocycles. The van der Waals surface area contributed by atoms with E-state index in [1.807, 2.05) is 47.8 Å². The van der Waals surface area contributed by atoms with Crippen LogP contribution < -0.4 is 5.32 Å². The van der Waals surface area contributed by atoms with Gasteiger partial charge in [-0.2, -0.15) is 0 Å². The Balaban J connectivity index is 1.55. The number of fused-ring (bicyclic) bond motifs is 1. The molecule has 3 nitrogen and oxygen atoms in total. The smallest absolute Gasteiger partial charge is 0.239 e. The molecule has 0 aliphatic heterocycles. The first-order valence-electron chi connectivity index (χ1n) is 9.26. The summed E-state index contributed by atoms with van der Waals surface area (Å²) in [5, 5.41) is 6.87. The van der Waals surface area contributed by atoms with E-state index in [0.717, 1.165) is 21.5 Å². The molecule has 4 rings (SSSR count). The summed E-state index contributed by atoms with van der Waals surface area (Å²) >= 11 is 7.83. The maximum atomic E-state index is 12.7. The highest BCUT2D eigenvalue weighted by Gasteiger charge is 2.15. The van der Waals surface area contributed by atoms with Crippen molar-refractivity contribution in [2.75, 3.05) is 6.54 Å². The first kappa shape index (κ1) is 18.8. The Morgan fingerprint density at radius 3 is 2.68 bits per heavy atom. The van der Waals surface area contributed by atoms with E-state index in [0.29, 0.717) is 11.6 Å². The second-order valence-corrected chi connectivity index (χ2v) is 8.30. The van der Waals surface area contributed by atoms with Crippen molar-refractivity contribution in [3.05, 3.63) is 82.7 Å². The number of aromatic nitrogens is 1. The van der Waals surface area contributed by atoms with E-state index in [2.05, 4.69) is 41.1 Å². The quantitative estimate of drug-likeness (QED) is 0.420. The summed E-state index contributed by atoms with van der Waals surface area (Å²) in [4.78, 5) is 13.9. The Bertz CT molecular complexity index is 1090. The average Bonchev–Trinajstić information content (AvgIpc) is 3.35. The highest BCUT2D eigenvalue weighted by molar-refractivity contribution is 7.13. The van der Waals surface area contributed by atoms with Crippen molar-refractivity contribution in [3.8, 4) is 10.6 Å². The predicted molar refractivity (Wildman–Crippen MR) is 118 cm³/mol. The van der Waals surface area contributed by atoms with Crippen molar-refractivity contribution in [2.24, 2.45) is 0 Å². The Hall–Kier alpha value is -2.56. The summed E-state index contributed by atoms with van der Waals surface area (Å²) in [6.45, 7) is 3.02. The van der Waals surface area contributed by atoms with Crippen LogP contribution in [0.4, 0.5) is 0 Å². The molecule has 142 valence electrons. The fourth-order valence-corrected chi connectivity index (χ4v) is 4.34. The van der Waals surface area contributed by atoms with Gasteiger partial charge in [-0.15, -0.1) is 11.3 Å². The third kappa shape index (κ3) is 3.98. The van der Waals surface area contributed by atoms with Crippen LogP contribution >= 0.6 is 22.9 Å². The van der Waals surface area contributed by atoms with Crippen LogP contribution in [0, 0.1) is 0 Å². The molecule has 0 aliphatic carbocycles. The number of amides is 1. The number of halogens is 1. The predicted octanol–water partition coefficient (Wildman–Crippen LogP) is 5.94. The number of hydrogen-bond donors (Lipinski definition) is 1. The zero-order valence-corrected chi connectivity index (χ0v) is 17.1. The van der Waals surface area contributed by atoms with Crippen molar-refractivity contribution in [1.82, 2.24) is 9.88 Å². The van der Waals surface area contributed by atoms with E-state index in [-0.39, 0.29) is 18.4 Å². The van der Waals surface area contributed by atoms with E-state index < -0.39 is 0 Å². The summed E-state index contributed by atoms with van der Waals surface area (Å²) in [6, 6.07) is 22.2. The SMILES string of the molecule is C[C@@H](CNC(=O)Cn1c(-c2cccs2)cc2cc(Cl)ccc21)c1ccccc1. The number of carbonyl (C=O) groups is 1. The van der Waals surface area contributed by atoms with Gasteiger partial charge in [-0.25, -0.2) is 0 Å². The van der Waals surface area contributed by atoms with Gasteiger partial charge in [-0.1, -0.05) is 54.9 Å². The number of rotatable bonds is 6. The summed E-state index contributed by atoms with van der Waals surface area (Å²) in [7, 11) is 0.